The highest BCUT2D eigenvalue weighted by Gasteiger charge is 2.31. The summed E-state index contributed by atoms with van der Waals surface area (Å²) in [5.41, 5.74) is 1.42. The normalized spacial score (nSPS) is 19.5. The molecule has 2 fully saturated rings. The molecule has 1 aliphatic carbocycles. The number of hydrogen-bond acceptors (Lipinski definition) is 4. The van der Waals surface area contributed by atoms with Crippen molar-refractivity contribution in [1.29, 1.82) is 0 Å². The molecule has 1 atom stereocenters. The van der Waals surface area contributed by atoms with E-state index in [4.69, 9.17) is 5.11 Å². The van der Waals surface area contributed by atoms with Crippen molar-refractivity contribution in [2.45, 2.75) is 25.2 Å². The summed E-state index contributed by atoms with van der Waals surface area (Å²) >= 11 is 0. The Morgan fingerprint density at radius 3 is 2.48 bits per heavy atom. The van der Waals surface area contributed by atoms with Crippen LogP contribution in [0.25, 0.3) is 11.4 Å². The number of carbonyl (C=O) groups excluding carboxylic acids is 1. The summed E-state index contributed by atoms with van der Waals surface area (Å²) in [4.78, 5) is 29.6. The Morgan fingerprint density at radius 1 is 1.16 bits per heavy atom. The smallest absolute Gasteiger partial charge is 0.308 e. The summed E-state index contributed by atoms with van der Waals surface area (Å²) < 4.78 is 0. The lowest BCUT2D eigenvalue weighted by Gasteiger charge is -2.15. The number of carboxylic acid groups (broad SMARTS) is 1. The Kier molecular flexibility index (Phi) is 4.76. The molecule has 1 unspecified atom stereocenters. The van der Waals surface area contributed by atoms with Crippen LogP contribution in [0.2, 0.25) is 0 Å². The van der Waals surface area contributed by atoms with Crippen molar-refractivity contribution >= 4 is 24.3 Å². The molecule has 25 heavy (non-hydrogen) atoms. The first kappa shape index (κ1) is 17.4. The van der Waals surface area contributed by atoms with Gasteiger partial charge in [-0.15, -0.1) is 12.4 Å². The highest BCUT2D eigenvalue weighted by Crippen LogP contribution is 2.38. The zero-order valence-corrected chi connectivity index (χ0v) is 14.3. The van der Waals surface area contributed by atoms with Gasteiger partial charge < -0.3 is 10.0 Å². The molecular formula is C17H19ClN4O3. The predicted octanol–water partition coefficient (Wildman–Crippen LogP) is 2.32. The van der Waals surface area contributed by atoms with Crippen LogP contribution in [0.5, 0.6) is 0 Å². The largest absolute Gasteiger partial charge is 0.481 e. The topological polar surface area (TPSA) is 99.2 Å². The summed E-state index contributed by atoms with van der Waals surface area (Å²) in [6.45, 7) is 0.769. The predicted molar refractivity (Wildman–Crippen MR) is 92.7 cm³/mol. The van der Waals surface area contributed by atoms with Gasteiger partial charge in [0.1, 0.15) is 5.82 Å². The molecule has 0 bridgehead atoms. The maximum Gasteiger partial charge on any atom is 0.308 e. The molecule has 1 amide bonds. The summed E-state index contributed by atoms with van der Waals surface area (Å²) in [6.07, 6.45) is 2.84. The van der Waals surface area contributed by atoms with E-state index >= 15 is 0 Å². The molecule has 7 nitrogen and oxygen atoms in total. The number of amides is 1. The lowest BCUT2D eigenvalue weighted by Crippen LogP contribution is -2.29. The Morgan fingerprint density at radius 2 is 1.88 bits per heavy atom. The second-order valence-electron chi connectivity index (χ2n) is 6.47. The third-order valence-electron chi connectivity index (χ3n) is 4.68. The van der Waals surface area contributed by atoms with E-state index in [-0.39, 0.29) is 24.9 Å². The van der Waals surface area contributed by atoms with Crippen LogP contribution < -0.4 is 0 Å². The van der Waals surface area contributed by atoms with Gasteiger partial charge in [-0.1, -0.05) is 12.1 Å². The number of H-pyrrole nitrogens is 1. The van der Waals surface area contributed by atoms with E-state index in [2.05, 4.69) is 15.2 Å². The Balaban J connectivity index is 0.00000182. The molecule has 0 radical (unpaired) electrons. The van der Waals surface area contributed by atoms with Gasteiger partial charge in [-0.05, 0) is 31.4 Å². The SMILES string of the molecule is Cl.O=C(O)C1CCN(C(=O)c2ccc(-c3n[nH]c(C4CC4)n3)cc2)C1. The third-order valence-corrected chi connectivity index (χ3v) is 4.68. The number of carboxylic acids is 1. The fourth-order valence-electron chi connectivity index (χ4n) is 3.03. The number of halogens is 1. The quantitative estimate of drug-likeness (QED) is 0.869. The average Bonchev–Trinajstić information content (AvgIpc) is 3.13. The molecule has 1 saturated carbocycles. The Hall–Kier alpha value is -2.41. The second kappa shape index (κ2) is 6.84. The molecule has 2 heterocycles. The molecule has 4 rings (SSSR count). The molecule has 2 aromatic rings. The molecule has 8 heteroatoms. The van der Waals surface area contributed by atoms with Crippen molar-refractivity contribution in [3.05, 3.63) is 35.7 Å². The minimum atomic E-state index is -0.836. The van der Waals surface area contributed by atoms with Crippen molar-refractivity contribution in [2.24, 2.45) is 5.92 Å². The van der Waals surface area contributed by atoms with Gasteiger partial charge in [-0.3, -0.25) is 14.7 Å². The first-order valence-electron chi connectivity index (χ1n) is 8.16. The van der Waals surface area contributed by atoms with Gasteiger partial charge >= 0.3 is 5.97 Å². The van der Waals surface area contributed by atoms with Crippen LogP contribution >= 0.6 is 12.4 Å². The molecule has 1 aromatic heterocycles. The first-order chi connectivity index (χ1) is 11.6. The average molecular weight is 363 g/mol. The number of benzene rings is 1. The fourth-order valence-corrected chi connectivity index (χ4v) is 3.03. The van der Waals surface area contributed by atoms with Gasteiger partial charge in [0.15, 0.2) is 5.82 Å². The highest BCUT2D eigenvalue weighted by molar-refractivity contribution is 5.95. The molecule has 0 spiro atoms. The van der Waals surface area contributed by atoms with Crippen molar-refractivity contribution in [2.75, 3.05) is 13.1 Å². The molecule has 2 aliphatic rings. The van der Waals surface area contributed by atoms with Crippen molar-refractivity contribution in [3.63, 3.8) is 0 Å². The number of hydrogen-bond donors (Lipinski definition) is 2. The number of nitrogens with zero attached hydrogens (tertiary/aromatic N) is 3. The van der Waals surface area contributed by atoms with E-state index < -0.39 is 11.9 Å². The number of likely N-dealkylation sites (tertiary alicyclic amines) is 1. The lowest BCUT2D eigenvalue weighted by molar-refractivity contribution is -0.141. The van der Waals surface area contributed by atoms with Crippen molar-refractivity contribution in [1.82, 2.24) is 20.1 Å². The number of rotatable bonds is 4. The number of aliphatic carboxylic acids is 1. The van der Waals surface area contributed by atoms with E-state index in [9.17, 15) is 9.59 Å². The van der Waals surface area contributed by atoms with E-state index in [1.54, 1.807) is 17.0 Å². The van der Waals surface area contributed by atoms with Gasteiger partial charge in [0.25, 0.3) is 5.91 Å². The monoisotopic (exact) mass is 362 g/mol. The van der Waals surface area contributed by atoms with Crippen LogP contribution in [0.15, 0.2) is 24.3 Å². The zero-order chi connectivity index (χ0) is 16.7. The molecule has 1 aliphatic heterocycles. The number of aromatic amines is 1. The van der Waals surface area contributed by atoms with Gasteiger partial charge in [-0.25, -0.2) is 4.98 Å². The Bertz CT molecular complexity index is 785. The lowest BCUT2D eigenvalue weighted by atomic mass is 10.1. The molecule has 1 saturated heterocycles. The van der Waals surface area contributed by atoms with E-state index in [1.807, 2.05) is 12.1 Å². The highest BCUT2D eigenvalue weighted by atomic mass is 35.5. The van der Waals surface area contributed by atoms with E-state index in [1.165, 1.54) is 0 Å². The van der Waals surface area contributed by atoms with E-state index in [0.717, 1.165) is 24.2 Å². The van der Waals surface area contributed by atoms with Crippen LogP contribution in [-0.2, 0) is 4.79 Å². The fraction of sp³-hybridized carbons (Fsp3) is 0.412. The molecule has 2 N–H and O–H groups in total. The summed E-state index contributed by atoms with van der Waals surface area (Å²) in [7, 11) is 0. The summed E-state index contributed by atoms with van der Waals surface area (Å²) in [5.74, 6) is 0.674. The van der Waals surface area contributed by atoms with Crippen LogP contribution in [0.1, 0.15) is 41.4 Å². The molecular weight excluding hydrogens is 344 g/mol. The van der Waals surface area contributed by atoms with Crippen LogP contribution in [0, 0.1) is 5.92 Å². The van der Waals surface area contributed by atoms with E-state index in [0.29, 0.717) is 30.3 Å². The number of nitrogens with one attached hydrogen (secondary N) is 1. The third kappa shape index (κ3) is 3.51. The first-order valence-corrected chi connectivity index (χ1v) is 8.16. The van der Waals surface area contributed by atoms with Crippen LogP contribution in [0.3, 0.4) is 0 Å². The Labute approximate surface area is 150 Å². The maximum absolute atomic E-state index is 12.5. The molecule has 1 aromatic carbocycles. The summed E-state index contributed by atoms with van der Waals surface area (Å²) in [5, 5.41) is 16.2. The van der Waals surface area contributed by atoms with Crippen LogP contribution in [0.4, 0.5) is 0 Å². The van der Waals surface area contributed by atoms with Gasteiger partial charge in [0.2, 0.25) is 0 Å². The van der Waals surface area contributed by atoms with Crippen molar-refractivity contribution in [3.8, 4) is 11.4 Å². The number of aromatic nitrogens is 3. The van der Waals surface area contributed by atoms with Gasteiger partial charge in [0.05, 0.1) is 5.92 Å². The minimum Gasteiger partial charge on any atom is -0.481 e. The second-order valence-corrected chi connectivity index (χ2v) is 6.47. The van der Waals surface area contributed by atoms with Gasteiger partial charge in [-0.2, -0.15) is 5.10 Å². The van der Waals surface area contributed by atoms with Gasteiger partial charge in [0, 0.05) is 30.1 Å². The van der Waals surface area contributed by atoms with Crippen molar-refractivity contribution < 1.29 is 14.7 Å². The maximum atomic E-state index is 12.5. The minimum absolute atomic E-state index is 0. The van der Waals surface area contributed by atoms with Crippen LogP contribution in [-0.4, -0.2) is 50.2 Å². The summed E-state index contributed by atoms with van der Waals surface area (Å²) in [6, 6.07) is 7.16. The number of carbonyl (C=O) groups is 2. The zero-order valence-electron chi connectivity index (χ0n) is 13.5. The standard InChI is InChI=1S/C17H18N4O3.ClH/c22-16(21-8-7-13(9-21)17(23)24)12-5-3-11(4-6-12)15-18-14(19-20-15)10-1-2-10;/h3-6,10,13H,1-2,7-9H2,(H,23,24)(H,18,19,20);1H. The molecule has 132 valence electrons.